The van der Waals surface area contributed by atoms with E-state index in [1.54, 1.807) is 6.07 Å². The van der Waals surface area contributed by atoms with Crippen LogP contribution in [0, 0.1) is 5.92 Å². The fraction of sp³-hybridized carbons (Fsp3) is 0.625. The highest BCUT2D eigenvalue weighted by atomic mass is 32.1. The quantitative estimate of drug-likeness (QED) is 0.705. The molecule has 1 aromatic rings. The van der Waals surface area contributed by atoms with Gasteiger partial charge in [0, 0.05) is 4.88 Å². The van der Waals surface area contributed by atoms with E-state index < -0.39 is 30.0 Å². The first-order valence-electron chi connectivity index (χ1n) is 8.03. The third kappa shape index (κ3) is 4.72. The molecule has 0 aliphatic heterocycles. The Morgan fingerprint density at radius 2 is 2.04 bits per heavy atom. The molecule has 1 aromatic heterocycles. The van der Waals surface area contributed by atoms with Gasteiger partial charge >= 0.3 is 6.18 Å². The van der Waals surface area contributed by atoms with E-state index in [2.05, 4.69) is 12.3 Å². The minimum absolute atomic E-state index is 0.407. The summed E-state index contributed by atoms with van der Waals surface area (Å²) in [4.78, 5) is 25.2. The molecule has 2 amide bonds. The van der Waals surface area contributed by atoms with Gasteiger partial charge in [0.05, 0.1) is 11.3 Å². The molecular formula is C16H21F3N2O3S. The van der Waals surface area contributed by atoms with Gasteiger partial charge in [-0.2, -0.15) is 13.2 Å². The number of hydrazine groups is 1. The lowest BCUT2D eigenvalue weighted by Gasteiger charge is -2.25. The molecule has 3 N–H and O–H groups in total. The van der Waals surface area contributed by atoms with E-state index in [0.29, 0.717) is 17.7 Å². The summed E-state index contributed by atoms with van der Waals surface area (Å²) in [7, 11) is 0. The summed E-state index contributed by atoms with van der Waals surface area (Å²) in [6.45, 7) is 2.63. The second-order valence-corrected chi connectivity index (χ2v) is 7.66. The number of fused-ring (bicyclic) bond motifs is 1. The first kappa shape index (κ1) is 19.7. The maximum atomic E-state index is 12.5. The smallest absolute Gasteiger partial charge is 0.380 e. The van der Waals surface area contributed by atoms with Crippen LogP contribution in [-0.4, -0.2) is 28.7 Å². The molecule has 0 bridgehead atoms. The molecule has 0 radical (unpaired) electrons. The van der Waals surface area contributed by atoms with Crippen molar-refractivity contribution in [3.8, 4) is 0 Å². The van der Waals surface area contributed by atoms with Crippen molar-refractivity contribution in [2.24, 2.45) is 5.92 Å². The standard InChI is InChI=1S/C16H21F3N2O3S/c1-3-9-4-5-11-10(6-9)7-12(25-11)14(23)21-20-13(22)8-15(2,24)16(17,18)19/h7,9,24H,3-6,8H2,1-2H3,(H,20,22)(H,21,23)/t9-,15+/m1/s1. The molecule has 0 saturated carbocycles. The van der Waals surface area contributed by atoms with E-state index in [0.717, 1.165) is 36.1 Å². The Hall–Kier alpha value is -1.61. The third-order valence-corrected chi connectivity index (χ3v) is 5.65. The highest BCUT2D eigenvalue weighted by molar-refractivity contribution is 7.14. The molecule has 25 heavy (non-hydrogen) atoms. The number of thiophene rings is 1. The Bertz CT molecular complexity index is 656. The van der Waals surface area contributed by atoms with E-state index >= 15 is 0 Å². The van der Waals surface area contributed by atoms with E-state index in [-0.39, 0.29) is 0 Å². The summed E-state index contributed by atoms with van der Waals surface area (Å²) < 4.78 is 37.6. The second kappa shape index (κ2) is 7.33. The molecule has 2 rings (SSSR count). The zero-order valence-electron chi connectivity index (χ0n) is 14.0. The van der Waals surface area contributed by atoms with Crippen molar-refractivity contribution in [1.29, 1.82) is 0 Å². The van der Waals surface area contributed by atoms with E-state index in [9.17, 15) is 27.9 Å². The Morgan fingerprint density at radius 3 is 2.64 bits per heavy atom. The van der Waals surface area contributed by atoms with Crippen LogP contribution in [0.3, 0.4) is 0 Å². The molecule has 1 aliphatic carbocycles. The van der Waals surface area contributed by atoms with Gasteiger partial charge in [-0.25, -0.2) is 0 Å². The van der Waals surface area contributed by atoms with Crippen LogP contribution in [0.2, 0.25) is 0 Å². The summed E-state index contributed by atoms with van der Waals surface area (Å²) in [5.74, 6) is -1.10. The molecule has 0 aromatic carbocycles. The molecule has 0 fully saturated rings. The molecule has 5 nitrogen and oxygen atoms in total. The van der Waals surface area contributed by atoms with Crippen LogP contribution in [0.25, 0.3) is 0 Å². The van der Waals surface area contributed by atoms with Crippen molar-refractivity contribution in [2.75, 3.05) is 0 Å². The van der Waals surface area contributed by atoms with Gasteiger partial charge in [-0.05, 0) is 43.7 Å². The fourth-order valence-corrected chi connectivity index (χ4v) is 3.81. The fourth-order valence-electron chi connectivity index (χ4n) is 2.70. The number of hydrogen-bond acceptors (Lipinski definition) is 4. The van der Waals surface area contributed by atoms with Gasteiger partial charge in [-0.15, -0.1) is 11.3 Å². The lowest BCUT2D eigenvalue weighted by molar-refractivity contribution is -0.253. The molecule has 0 spiro atoms. The minimum atomic E-state index is -4.93. The predicted molar refractivity (Wildman–Crippen MR) is 87.0 cm³/mol. The number of nitrogens with one attached hydrogen (secondary N) is 2. The topological polar surface area (TPSA) is 78.4 Å². The van der Waals surface area contributed by atoms with Gasteiger partial charge < -0.3 is 5.11 Å². The lowest BCUT2D eigenvalue weighted by Crippen LogP contribution is -2.49. The van der Waals surface area contributed by atoms with Crippen LogP contribution in [0.4, 0.5) is 13.2 Å². The van der Waals surface area contributed by atoms with Crippen LogP contribution in [0.5, 0.6) is 0 Å². The van der Waals surface area contributed by atoms with Gasteiger partial charge in [0.2, 0.25) is 5.91 Å². The number of amides is 2. The number of halogens is 3. The van der Waals surface area contributed by atoms with Crippen molar-refractivity contribution in [3.05, 3.63) is 21.4 Å². The van der Waals surface area contributed by atoms with Crippen LogP contribution < -0.4 is 10.9 Å². The molecule has 9 heteroatoms. The van der Waals surface area contributed by atoms with Crippen LogP contribution in [-0.2, 0) is 17.6 Å². The number of carbonyl (C=O) groups excluding carboxylic acids is 2. The molecule has 1 aliphatic rings. The number of hydrogen-bond donors (Lipinski definition) is 3. The predicted octanol–water partition coefficient (Wildman–Crippen LogP) is 2.73. The normalized spacial score (nSPS) is 19.7. The molecular weight excluding hydrogens is 357 g/mol. The number of alkyl halides is 3. The lowest BCUT2D eigenvalue weighted by atomic mass is 9.87. The van der Waals surface area contributed by atoms with Crippen molar-refractivity contribution in [2.45, 2.75) is 57.7 Å². The Labute approximate surface area is 147 Å². The van der Waals surface area contributed by atoms with E-state index in [1.807, 2.05) is 5.43 Å². The van der Waals surface area contributed by atoms with Crippen molar-refractivity contribution >= 4 is 23.2 Å². The molecule has 1 heterocycles. The second-order valence-electron chi connectivity index (χ2n) is 6.53. The molecule has 2 atom stereocenters. The van der Waals surface area contributed by atoms with Gasteiger partial charge in [0.1, 0.15) is 0 Å². The number of carbonyl (C=O) groups is 2. The molecule has 140 valence electrons. The Kier molecular flexibility index (Phi) is 5.78. The summed E-state index contributed by atoms with van der Waals surface area (Å²) in [6.07, 6.45) is -2.16. The zero-order valence-corrected chi connectivity index (χ0v) is 14.8. The monoisotopic (exact) mass is 378 g/mol. The summed E-state index contributed by atoms with van der Waals surface area (Å²) in [5, 5.41) is 9.27. The first-order valence-corrected chi connectivity index (χ1v) is 8.85. The molecule has 0 unspecified atom stereocenters. The van der Waals surface area contributed by atoms with E-state index in [4.69, 9.17) is 0 Å². The SMILES string of the molecule is CC[C@@H]1CCc2sc(C(=O)NNC(=O)C[C@](C)(O)C(F)(F)F)cc2C1. The van der Waals surface area contributed by atoms with Crippen molar-refractivity contribution in [3.63, 3.8) is 0 Å². The highest BCUT2D eigenvalue weighted by Gasteiger charge is 2.51. The van der Waals surface area contributed by atoms with Crippen LogP contribution in [0.15, 0.2) is 6.07 Å². The third-order valence-electron chi connectivity index (χ3n) is 4.42. The average Bonchev–Trinajstić information content (AvgIpc) is 2.94. The minimum Gasteiger partial charge on any atom is -0.380 e. The average molecular weight is 378 g/mol. The first-order chi connectivity index (χ1) is 11.5. The van der Waals surface area contributed by atoms with Crippen LogP contribution >= 0.6 is 11.3 Å². The van der Waals surface area contributed by atoms with Gasteiger partial charge in [-0.1, -0.05) is 13.3 Å². The van der Waals surface area contributed by atoms with Crippen molar-refractivity contribution < 1.29 is 27.9 Å². The van der Waals surface area contributed by atoms with E-state index in [1.165, 1.54) is 11.3 Å². The number of rotatable bonds is 4. The van der Waals surface area contributed by atoms with Gasteiger partial charge in [0.15, 0.2) is 5.60 Å². The Morgan fingerprint density at radius 1 is 1.36 bits per heavy atom. The largest absolute Gasteiger partial charge is 0.417 e. The van der Waals surface area contributed by atoms with Gasteiger partial charge in [0.25, 0.3) is 5.91 Å². The summed E-state index contributed by atoms with van der Waals surface area (Å²) in [6, 6.07) is 1.77. The number of aliphatic hydroxyl groups is 1. The van der Waals surface area contributed by atoms with Gasteiger partial charge in [-0.3, -0.25) is 20.4 Å². The maximum absolute atomic E-state index is 12.5. The molecule has 0 saturated heterocycles. The summed E-state index contributed by atoms with van der Waals surface area (Å²) in [5.41, 5.74) is 1.99. The summed E-state index contributed by atoms with van der Waals surface area (Å²) >= 11 is 1.33. The Balaban J connectivity index is 1.91. The zero-order chi connectivity index (χ0) is 18.8. The van der Waals surface area contributed by atoms with Crippen LogP contribution in [0.1, 0.15) is 53.2 Å². The highest BCUT2D eigenvalue weighted by Crippen LogP contribution is 2.34. The maximum Gasteiger partial charge on any atom is 0.417 e. The number of aryl methyl sites for hydroxylation is 1. The van der Waals surface area contributed by atoms with Crippen molar-refractivity contribution in [1.82, 2.24) is 10.9 Å².